The van der Waals surface area contributed by atoms with Gasteiger partial charge < -0.3 is 16.6 Å². The van der Waals surface area contributed by atoms with E-state index < -0.39 is 5.97 Å². The highest BCUT2D eigenvalue weighted by Crippen LogP contribution is 2.24. The molecule has 0 atom stereocenters. The number of fused-ring (bicyclic) bond motifs is 1. The summed E-state index contributed by atoms with van der Waals surface area (Å²) in [4.78, 5) is 10.7. The highest BCUT2D eigenvalue weighted by atomic mass is 16.4. The van der Waals surface area contributed by atoms with Crippen molar-refractivity contribution in [2.75, 3.05) is 11.5 Å². The zero-order chi connectivity index (χ0) is 11.0. The first-order valence-electron chi connectivity index (χ1n) is 4.40. The molecule has 0 aliphatic carbocycles. The summed E-state index contributed by atoms with van der Waals surface area (Å²) in [6.45, 7) is 0. The topological polar surface area (TPSA) is 89.3 Å². The van der Waals surface area contributed by atoms with Gasteiger partial charge in [0.05, 0.1) is 16.9 Å². The average Bonchev–Trinajstić information content (AvgIpc) is 2.19. The van der Waals surface area contributed by atoms with Gasteiger partial charge in [0, 0.05) is 0 Å². The summed E-state index contributed by atoms with van der Waals surface area (Å²) in [6, 6.07) is 8.25. The van der Waals surface area contributed by atoms with Gasteiger partial charge in [0.15, 0.2) is 0 Å². The molecule has 0 spiro atoms. The van der Waals surface area contributed by atoms with Crippen LogP contribution in [0.5, 0.6) is 0 Å². The quantitative estimate of drug-likeness (QED) is 0.614. The average molecular weight is 202 g/mol. The minimum Gasteiger partial charge on any atom is -0.478 e. The molecule has 2 rings (SSSR count). The van der Waals surface area contributed by atoms with Crippen LogP contribution in [0.1, 0.15) is 10.4 Å². The predicted molar refractivity (Wildman–Crippen MR) is 59.7 cm³/mol. The first-order valence-corrected chi connectivity index (χ1v) is 4.40. The Morgan fingerprint density at radius 2 is 1.60 bits per heavy atom. The Morgan fingerprint density at radius 1 is 1.00 bits per heavy atom. The molecule has 0 saturated heterocycles. The summed E-state index contributed by atoms with van der Waals surface area (Å²) in [6.07, 6.45) is 0. The van der Waals surface area contributed by atoms with Crippen LogP contribution in [0.3, 0.4) is 0 Å². The number of carbonyl (C=O) groups is 1. The molecule has 5 N–H and O–H groups in total. The molecule has 4 nitrogen and oxygen atoms in total. The number of carboxylic acid groups (broad SMARTS) is 1. The van der Waals surface area contributed by atoms with Crippen molar-refractivity contribution in [3.05, 3.63) is 35.9 Å². The normalized spacial score (nSPS) is 10.4. The molecule has 0 radical (unpaired) electrons. The summed E-state index contributed by atoms with van der Waals surface area (Å²) in [5.41, 5.74) is 12.5. The number of hydrogen-bond acceptors (Lipinski definition) is 3. The molecule has 15 heavy (non-hydrogen) atoms. The largest absolute Gasteiger partial charge is 0.478 e. The molecule has 0 unspecified atom stereocenters. The number of anilines is 2. The van der Waals surface area contributed by atoms with Crippen molar-refractivity contribution in [2.24, 2.45) is 0 Å². The van der Waals surface area contributed by atoms with Gasteiger partial charge in [-0.1, -0.05) is 6.07 Å². The third-order valence-corrected chi connectivity index (χ3v) is 2.29. The maximum absolute atomic E-state index is 10.7. The standard InChI is InChI=1S/C11H10N2O2/c12-9-4-6-1-2-7(11(14)15)3-8(6)5-10(9)13/h1-5H,12-13H2,(H,14,15). The molecule has 4 heteroatoms. The zero-order valence-electron chi connectivity index (χ0n) is 7.90. The van der Waals surface area contributed by atoms with Crippen molar-refractivity contribution in [1.29, 1.82) is 0 Å². The van der Waals surface area contributed by atoms with Crippen molar-refractivity contribution < 1.29 is 9.90 Å². The Bertz CT molecular complexity index is 550. The van der Waals surface area contributed by atoms with Gasteiger partial charge in [-0.15, -0.1) is 0 Å². The van der Waals surface area contributed by atoms with E-state index in [1.165, 1.54) is 0 Å². The molecule has 0 aromatic heterocycles. The van der Waals surface area contributed by atoms with Gasteiger partial charge in [-0.25, -0.2) is 4.79 Å². The molecule has 0 amide bonds. The molecule has 0 saturated carbocycles. The van der Waals surface area contributed by atoms with E-state index in [1.807, 2.05) is 0 Å². The van der Waals surface area contributed by atoms with Crippen molar-refractivity contribution in [3.63, 3.8) is 0 Å². The predicted octanol–water partition coefficient (Wildman–Crippen LogP) is 1.70. The number of nitrogens with two attached hydrogens (primary N) is 2. The Hall–Kier alpha value is -2.23. The molecule has 0 bridgehead atoms. The monoisotopic (exact) mass is 202 g/mol. The third kappa shape index (κ3) is 1.57. The van der Waals surface area contributed by atoms with E-state index >= 15 is 0 Å². The maximum atomic E-state index is 10.7. The van der Waals surface area contributed by atoms with Crippen LogP contribution in [0.25, 0.3) is 10.8 Å². The molecular formula is C11H10N2O2. The zero-order valence-corrected chi connectivity index (χ0v) is 7.90. The molecule has 0 fully saturated rings. The Labute approximate surface area is 86.1 Å². The highest BCUT2D eigenvalue weighted by Gasteiger charge is 2.04. The number of benzene rings is 2. The third-order valence-electron chi connectivity index (χ3n) is 2.29. The first kappa shape index (κ1) is 9.33. The van der Waals surface area contributed by atoms with Gasteiger partial charge >= 0.3 is 5.97 Å². The van der Waals surface area contributed by atoms with E-state index in [-0.39, 0.29) is 5.56 Å². The Morgan fingerprint density at radius 3 is 2.20 bits per heavy atom. The van der Waals surface area contributed by atoms with E-state index in [9.17, 15) is 4.79 Å². The highest BCUT2D eigenvalue weighted by molar-refractivity contribution is 5.97. The fraction of sp³-hybridized carbons (Fsp3) is 0. The van der Waals surface area contributed by atoms with E-state index in [4.69, 9.17) is 16.6 Å². The summed E-state index contributed by atoms with van der Waals surface area (Å²) < 4.78 is 0. The minimum atomic E-state index is -0.952. The second kappa shape index (κ2) is 3.16. The molecule has 0 aliphatic rings. The number of aromatic carboxylic acids is 1. The summed E-state index contributed by atoms with van der Waals surface area (Å²) >= 11 is 0. The van der Waals surface area contributed by atoms with Gasteiger partial charge in [0.1, 0.15) is 0 Å². The summed E-state index contributed by atoms with van der Waals surface area (Å²) in [7, 11) is 0. The number of nitrogen functional groups attached to an aromatic ring is 2. The SMILES string of the molecule is Nc1cc2ccc(C(=O)O)cc2cc1N. The molecule has 76 valence electrons. The fourth-order valence-electron chi connectivity index (χ4n) is 1.47. The summed E-state index contributed by atoms with van der Waals surface area (Å²) in [5, 5.41) is 10.5. The lowest BCUT2D eigenvalue weighted by Gasteiger charge is -2.04. The molecule has 0 aliphatic heterocycles. The van der Waals surface area contributed by atoms with Crippen LogP contribution in [-0.2, 0) is 0 Å². The van der Waals surface area contributed by atoms with Gasteiger partial charge in [0.2, 0.25) is 0 Å². The van der Waals surface area contributed by atoms with Crippen LogP contribution >= 0.6 is 0 Å². The smallest absolute Gasteiger partial charge is 0.335 e. The van der Waals surface area contributed by atoms with Crippen LogP contribution in [0, 0.1) is 0 Å². The van der Waals surface area contributed by atoms with Gasteiger partial charge in [-0.05, 0) is 35.0 Å². The fourth-order valence-corrected chi connectivity index (χ4v) is 1.47. The van der Waals surface area contributed by atoms with Crippen LogP contribution in [-0.4, -0.2) is 11.1 Å². The van der Waals surface area contributed by atoms with Crippen LogP contribution in [0.2, 0.25) is 0 Å². The van der Waals surface area contributed by atoms with Crippen molar-refractivity contribution >= 4 is 28.1 Å². The first-order chi connectivity index (χ1) is 7.08. The van der Waals surface area contributed by atoms with Crippen LogP contribution < -0.4 is 11.5 Å². The van der Waals surface area contributed by atoms with Crippen LogP contribution in [0.4, 0.5) is 11.4 Å². The van der Waals surface area contributed by atoms with E-state index in [0.717, 1.165) is 10.8 Å². The van der Waals surface area contributed by atoms with E-state index in [1.54, 1.807) is 30.3 Å². The second-order valence-electron chi connectivity index (χ2n) is 3.35. The lowest BCUT2D eigenvalue weighted by Crippen LogP contribution is -1.97. The molecule has 0 heterocycles. The molecule has 2 aromatic rings. The van der Waals surface area contributed by atoms with Crippen molar-refractivity contribution in [3.8, 4) is 0 Å². The summed E-state index contributed by atoms with van der Waals surface area (Å²) in [5.74, 6) is -0.952. The van der Waals surface area contributed by atoms with E-state index in [2.05, 4.69) is 0 Å². The number of hydrogen-bond donors (Lipinski definition) is 3. The van der Waals surface area contributed by atoms with Crippen molar-refractivity contribution in [1.82, 2.24) is 0 Å². The number of carboxylic acids is 1. The molecule has 2 aromatic carbocycles. The van der Waals surface area contributed by atoms with Gasteiger partial charge in [-0.2, -0.15) is 0 Å². The minimum absolute atomic E-state index is 0.242. The second-order valence-corrected chi connectivity index (χ2v) is 3.35. The van der Waals surface area contributed by atoms with Gasteiger partial charge in [-0.3, -0.25) is 0 Å². The van der Waals surface area contributed by atoms with Gasteiger partial charge in [0.25, 0.3) is 0 Å². The van der Waals surface area contributed by atoms with Crippen LogP contribution in [0.15, 0.2) is 30.3 Å². The van der Waals surface area contributed by atoms with E-state index in [0.29, 0.717) is 11.4 Å². The number of rotatable bonds is 1. The lowest BCUT2D eigenvalue weighted by atomic mass is 10.1. The maximum Gasteiger partial charge on any atom is 0.335 e. The molecular weight excluding hydrogens is 192 g/mol. The lowest BCUT2D eigenvalue weighted by molar-refractivity contribution is 0.0697. The Balaban J connectivity index is 2.72. The Kier molecular flexibility index (Phi) is 1.97. The van der Waals surface area contributed by atoms with Crippen molar-refractivity contribution in [2.45, 2.75) is 0 Å².